The molecule has 0 aromatic heterocycles. The van der Waals surface area contributed by atoms with Crippen LogP contribution in [0, 0.1) is 5.92 Å². The van der Waals surface area contributed by atoms with Gasteiger partial charge in [0, 0.05) is 29.1 Å². The molecule has 0 radical (unpaired) electrons. The number of rotatable bonds is 7. The molecule has 4 N–H and O–H groups in total. The van der Waals surface area contributed by atoms with Gasteiger partial charge in [-0.05, 0) is 43.9 Å². The minimum absolute atomic E-state index is 0.0724. The lowest BCUT2D eigenvalue weighted by atomic mass is 9.85. The lowest BCUT2D eigenvalue weighted by Gasteiger charge is -2.23. The van der Waals surface area contributed by atoms with Crippen molar-refractivity contribution in [2.24, 2.45) is 16.6 Å². The molecule has 0 bridgehead atoms. The first-order chi connectivity index (χ1) is 11.5. The molecule has 0 saturated heterocycles. The molecule has 1 aliphatic rings. The molecular weight excluding hydrogens is 347 g/mol. The lowest BCUT2D eigenvalue weighted by molar-refractivity contribution is -0.127. The zero-order valence-corrected chi connectivity index (χ0v) is 15.3. The summed E-state index contributed by atoms with van der Waals surface area (Å²) >= 11 is 12.1. The molecule has 24 heavy (non-hydrogen) atoms. The van der Waals surface area contributed by atoms with Crippen molar-refractivity contribution in [3.63, 3.8) is 0 Å². The van der Waals surface area contributed by atoms with Crippen LogP contribution in [0.2, 0.25) is 10.0 Å². The third kappa shape index (κ3) is 5.56. The fourth-order valence-electron chi connectivity index (χ4n) is 2.50. The molecule has 5 nitrogen and oxygen atoms in total. The smallest absolute Gasteiger partial charge is 0.223 e. The van der Waals surface area contributed by atoms with Crippen LogP contribution in [0.1, 0.15) is 44.2 Å². The molecule has 1 fully saturated rings. The first kappa shape index (κ1) is 18.9. The van der Waals surface area contributed by atoms with Gasteiger partial charge in [0.05, 0.1) is 6.04 Å². The number of nitrogens with one attached hydrogen (secondary N) is 2. The first-order valence-electron chi connectivity index (χ1n) is 8.26. The molecule has 1 aromatic rings. The van der Waals surface area contributed by atoms with Crippen LogP contribution < -0.4 is 16.4 Å². The summed E-state index contributed by atoms with van der Waals surface area (Å²) in [7, 11) is 0. The van der Waals surface area contributed by atoms with E-state index in [9.17, 15) is 4.79 Å². The molecule has 1 unspecified atom stereocenters. The van der Waals surface area contributed by atoms with Crippen LogP contribution in [0.15, 0.2) is 23.2 Å². The molecule has 1 saturated carbocycles. The maximum atomic E-state index is 11.7. The average molecular weight is 371 g/mol. The maximum absolute atomic E-state index is 11.7. The van der Waals surface area contributed by atoms with Gasteiger partial charge in [0.2, 0.25) is 5.91 Å². The maximum Gasteiger partial charge on any atom is 0.223 e. The Kier molecular flexibility index (Phi) is 7.18. The minimum Gasteiger partial charge on any atom is -0.370 e. The van der Waals surface area contributed by atoms with Gasteiger partial charge < -0.3 is 16.4 Å². The van der Waals surface area contributed by atoms with Crippen LogP contribution in [0.5, 0.6) is 0 Å². The molecule has 0 heterocycles. The predicted molar refractivity (Wildman–Crippen MR) is 99.5 cm³/mol. The van der Waals surface area contributed by atoms with Crippen LogP contribution in [-0.2, 0) is 4.79 Å². The van der Waals surface area contributed by atoms with Gasteiger partial charge in [0.1, 0.15) is 0 Å². The lowest BCUT2D eigenvalue weighted by Crippen LogP contribution is -2.35. The molecule has 7 heteroatoms. The highest BCUT2D eigenvalue weighted by molar-refractivity contribution is 6.35. The third-order valence-corrected chi connectivity index (χ3v) is 4.75. The Morgan fingerprint density at radius 3 is 2.79 bits per heavy atom. The SMILES string of the molecule is CC(NC(N)=NCCCNC(=O)C1CCC1)c1ccc(Cl)cc1Cl. The largest absolute Gasteiger partial charge is 0.370 e. The number of hydrogen-bond acceptors (Lipinski definition) is 2. The highest BCUT2D eigenvalue weighted by Crippen LogP contribution is 2.26. The Morgan fingerprint density at radius 1 is 1.42 bits per heavy atom. The second-order valence-electron chi connectivity index (χ2n) is 6.07. The van der Waals surface area contributed by atoms with Crippen molar-refractivity contribution in [1.29, 1.82) is 0 Å². The number of carbonyl (C=O) groups is 1. The Morgan fingerprint density at radius 2 is 2.17 bits per heavy atom. The van der Waals surface area contributed by atoms with Crippen LogP contribution in [-0.4, -0.2) is 25.0 Å². The van der Waals surface area contributed by atoms with E-state index in [1.54, 1.807) is 12.1 Å². The predicted octanol–water partition coefficient (Wildman–Crippen LogP) is 3.27. The second kappa shape index (κ2) is 9.14. The molecule has 1 aromatic carbocycles. The van der Waals surface area contributed by atoms with E-state index >= 15 is 0 Å². The summed E-state index contributed by atoms with van der Waals surface area (Å²) in [5, 5.41) is 7.23. The molecule has 1 atom stereocenters. The van der Waals surface area contributed by atoms with E-state index in [4.69, 9.17) is 28.9 Å². The van der Waals surface area contributed by atoms with E-state index in [0.29, 0.717) is 29.1 Å². The zero-order valence-electron chi connectivity index (χ0n) is 13.8. The molecular formula is C17H24Cl2N4O. The number of nitrogens with two attached hydrogens (primary N) is 1. The minimum atomic E-state index is -0.0724. The Bertz CT molecular complexity index is 602. The molecule has 0 spiro atoms. The van der Waals surface area contributed by atoms with E-state index in [-0.39, 0.29) is 17.9 Å². The van der Waals surface area contributed by atoms with E-state index in [1.807, 2.05) is 13.0 Å². The van der Waals surface area contributed by atoms with E-state index in [2.05, 4.69) is 15.6 Å². The van der Waals surface area contributed by atoms with Crippen LogP contribution in [0.25, 0.3) is 0 Å². The zero-order chi connectivity index (χ0) is 17.5. The Balaban J connectivity index is 1.69. The summed E-state index contributed by atoms with van der Waals surface area (Å²) < 4.78 is 0. The number of carbonyl (C=O) groups excluding carboxylic acids is 1. The monoisotopic (exact) mass is 370 g/mol. The van der Waals surface area contributed by atoms with Crippen molar-refractivity contribution in [2.75, 3.05) is 13.1 Å². The van der Waals surface area contributed by atoms with Gasteiger partial charge in [0.15, 0.2) is 5.96 Å². The molecule has 1 amide bonds. The quantitative estimate of drug-likeness (QED) is 0.391. The molecule has 0 aliphatic heterocycles. The second-order valence-corrected chi connectivity index (χ2v) is 6.91. The molecule has 2 rings (SSSR count). The van der Waals surface area contributed by atoms with Gasteiger partial charge in [0.25, 0.3) is 0 Å². The van der Waals surface area contributed by atoms with Gasteiger partial charge in [-0.3, -0.25) is 9.79 Å². The number of benzene rings is 1. The summed E-state index contributed by atoms with van der Waals surface area (Å²) in [5.41, 5.74) is 6.80. The standard InChI is InChI=1S/C17H24Cl2N4O/c1-11(14-7-6-13(18)10-15(14)19)23-17(20)22-9-3-8-21-16(24)12-4-2-5-12/h6-7,10-12H,2-5,8-9H2,1H3,(H,21,24)(H3,20,22,23). The number of hydrogen-bond donors (Lipinski definition) is 3. The fourth-order valence-corrected chi connectivity index (χ4v) is 3.07. The van der Waals surface area contributed by atoms with E-state index < -0.39 is 0 Å². The fraction of sp³-hybridized carbons (Fsp3) is 0.529. The van der Waals surface area contributed by atoms with Crippen molar-refractivity contribution >= 4 is 35.1 Å². The average Bonchev–Trinajstić information content (AvgIpc) is 2.44. The van der Waals surface area contributed by atoms with Gasteiger partial charge in [-0.2, -0.15) is 0 Å². The van der Waals surface area contributed by atoms with Crippen molar-refractivity contribution in [2.45, 2.75) is 38.6 Å². The highest BCUT2D eigenvalue weighted by atomic mass is 35.5. The van der Waals surface area contributed by atoms with Gasteiger partial charge in [-0.1, -0.05) is 35.7 Å². The van der Waals surface area contributed by atoms with Crippen molar-refractivity contribution < 1.29 is 4.79 Å². The summed E-state index contributed by atoms with van der Waals surface area (Å²) in [6.07, 6.45) is 3.97. The third-order valence-electron chi connectivity index (χ3n) is 4.19. The first-order valence-corrected chi connectivity index (χ1v) is 9.02. The van der Waals surface area contributed by atoms with E-state index in [0.717, 1.165) is 24.8 Å². The van der Waals surface area contributed by atoms with Crippen LogP contribution in [0.4, 0.5) is 0 Å². The van der Waals surface area contributed by atoms with Crippen molar-refractivity contribution in [3.05, 3.63) is 33.8 Å². The van der Waals surface area contributed by atoms with Gasteiger partial charge >= 0.3 is 0 Å². The molecule has 1 aliphatic carbocycles. The number of amides is 1. The normalized spacial score (nSPS) is 16.4. The number of aliphatic imine (C=N–C) groups is 1. The van der Waals surface area contributed by atoms with Gasteiger partial charge in [-0.25, -0.2) is 0 Å². The topological polar surface area (TPSA) is 79.5 Å². The van der Waals surface area contributed by atoms with Crippen LogP contribution >= 0.6 is 23.2 Å². The van der Waals surface area contributed by atoms with E-state index in [1.165, 1.54) is 6.42 Å². The van der Waals surface area contributed by atoms with Gasteiger partial charge in [-0.15, -0.1) is 0 Å². The molecule has 132 valence electrons. The summed E-state index contributed by atoms with van der Waals surface area (Å²) in [6.45, 7) is 3.14. The summed E-state index contributed by atoms with van der Waals surface area (Å²) in [6, 6.07) is 5.29. The Labute approximate surface area is 153 Å². The number of nitrogens with zero attached hydrogens (tertiary/aromatic N) is 1. The van der Waals surface area contributed by atoms with Crippen molar-refractivity contribution in [3.8, 4) is 0 Å². The highest BCUT2D eigenvalue weighted by Gasteiger charge is 2.24. The summed E-state index contributed by atoms with van der Waals surface area (Å²) in [5.74, 6) is 0.756. The number of guanidine groups is 1. The Hall–Kier alpha value is -1.46. The number of halogens is 2. The van der Waals surface area contributed by atoms with Crippen molar-refractivity contribution in [1.82, 2.24) is 10.6 Å². The summed E-state index contributed by atoms with van der Waals surface area (Å²) in [4.78, 5) is 16.0. The van der Waals surface area contributed by atoms with Crippen LogP contribution in [0.3, 0.4) is 0 Å².